The van der Waals surface area contributed by atoms with Gasteiger partial charge in [0.2, 0.25) is 0 Å². The standard InChI is InChI=1S/C11H16N4O/c1-3-8-5-10(15(4-2)14-8)11-9(6-12)13-7-16-11/h5,7H,3-4,6,12H2,1-2H3. The maximum Gasteiger partial charge on any atom is 0.181 e. The van der Waals surface area contributed by atoms with Crippen molar-refractivity contribution in [1.29, 1.82) is 0 Å². The van der Waals surface area contributed by atoms with Crippen LogP contribution in [-0.2, 0) is 19.5 Å². The number of aromatic nitrogens is 3. The van der Waals surface area contributed by atoms with Crippen molar-refractivity contribution < 1.29 is 4.42 Å². The van der Waals surface area contributed by atoms with Gasteiger partial charge >= 0.3 is 0 Å². The van der Waals surface area contributed by atoms with Crippen LogP contribution in [0.5, 0.6) is 0 Å². The first kappa shape index (κ1) is 10.9. The number of aryl methyl sites for hydroxylation is 2. The van der Waals surface area contributed by atoms with Crippen molar-refractivity contribution in [2.45, 2.75) is 33.4 Å². The van der Waals surface area contributed by atoms with Crippen LogP contribution in [-0.4, -0.2) is 14.8 Å². The number of nitrogens with zero attached hydrogens (tertiary/aromatic N) is 3. The van der Waals surface area contributed by atoms with E-state index in [0.29, 0.717) is 6.54 Å². The Morgan fingerprint density at radius 1 is 1.44 bits per heavy atom. The molecule has 5 nitrogen and oxygen atoms in total. The van der Waals surface area contributed by atoms with Crippen LogP contribution in [0.4, 0.5) is 0 Å². The van der Waals surface area contributed by atoms with Gasteiger partial charge in [0.05, 0.1) is 5.69 Å². The molecule has 0 spiro atoms. The molecule has 2 heterocycles. The van der Waals surface area contributed by atoms with E-state index in [1.165, 1.54) is 6.39 Å². The summed E-state index contributed by atoms with van der Waals surface area (Å²) < 4.78 is 7.31. The molecule has 2 rings (SSSR count). The fourth-order valence-corrected chi connectivity index (χ4v) is 1.69. The van der Waals surface area contributed by atoms with Crippen LogP contribution in [0, 0.1) is 0 Å². The van der Waals surface area contributed by atoms with Crippen molar-refractivity contribution in [1.82, 2.24) is 14.8 Å². The molecule has 2 N–H and O–H groups in total. The quantitative estimate of drug-likeness (QED) is 0.849. The Labute approximate surface area is 94.3 Å². The molecule has 0 unspecified atom stereocenters. The van der Waals surface area contributed by atoms with Gasteiger partial charge in [-0.25, -0.2) is 4.98 Å². The second kappa shape index (κ2) is 4.49. The molecule has 0 radical (unpaired) electrons. The molecule has 16 heavy (non-hydrogen) atoms. The Balaban J connectivity index is 2.50. The number of nitrogens with two attached hydrogens (primary N) is 1. The van der Waals surface area contributed by atoms with Gasteiger partial charge in [-0.3, -0.25) is 4.68 Å². The van der Waals surface area contributed by atoms with Gasteiger partial charge in [0.1, 0.15) is 11.4 Å². The molecule has 0 aliphatic carbocycles. The van der Waals surface area contributed by atoms with Crippen LogP contribution >= 0.6 is 0 Å². The lowest BCUT2D eigenvalue weighted by molar-refractivity contribution is 0.555. The lowest BCUT2D eigenvalue weighted by atomic mass is 10.2. The molecular formula is C11H16N4O. The fraction of sp³-hybridized carbons (Fsp3) is 0.455. The molecule has 0 aromatic carbocycles. The van der Waals surface area contributed by atoms with Crippen molar-refractivity contribution in [3.8, 4) is 11.5 Å². The lowest BCUT2D eigenvalue weighted by Gasteiger charge is -2.01. The summed E-state index contributed by atoms with van der Waals surface area (Å²) >= 11 is 0. The number of hydrogen-bond donors (Lipinski definition) is 1. The van der Waals surface area contributed by atoms with Crippen LogP contribution in [0.2, 0.25) is 0 Å². The molecule has 0 amide bonds. The monoisotopic (exact) mass is 220 g/mol. The summed E-state index contributed by atoms with van der Waals surface area (Å²) in [6.07, 6.45) is 2.34. The fourth-order valence-electron chi connectivity index (χ4n) is 1.69. The molecule has 0 saturated heterocycles. The van der Waals surface area contributed by atoms with E-state index in [0.717, 1.165) is 35.8 Å². The second-order valence-corrected chi connectivity index (χ2v) is 3.52. The molecule has 5 heteroatoms. The van der Waals surface area contributed by atoms with E-state index in [2.05, 4.69) is 23.9 Å². The Morgan fingerprint density at radius 2 is 2.25 bits per heavy atom. The van der Waals surface area contributed by atoms with E-state index in [1.54, 1.807) is 0 Å². The summed E-state index contributed by atoms with van der Waals surface area (Å²) in [5.74, 6) is 0.733. The maximum absolute atomic E-state index is 5.61. The third-order valence-corrected chi connectivity index (χ3v) is 2.56. The minimum atomic E-state index is 0.377. The van der Waals surface area contributed by atoms with Crippen LogP contribution < -0.4 is 5.73 Å². The molecule has 0 fully saturated rings. The Kier molecular flexibility index (Phi) is 3.05. The zero-order chi connectivity index (χ0) is 11.5. The van der Waals surface area contributed by atoms with Gasteiger partial charge in [-0.1, -0.05) is 6.92 Å². The second-order valence-electron chi connectivity index (χ2n) is 3.52. The number of hydrogen-bond acceptors (Lipinski definition) is 4. The SMILES string of the molecule is CCc1cc(-c2ocnc2CN)n(CC)n1. The van der Waals surface area contributed by atoms with Gasteiger partial charge in [-0.05, 0) is 19.4 Å². The highest BCUT2D eigenvalue weighted by molar-refractivity contribution is 5.56. The first-order valence-electron chi connectivity index (χ1n) is 5.49. The summed E-state index contributed by atoms with van der Waals surface area (Å²) in [6, 6.07) is 2.03. The Hall–Kier alpha value is -1.62. The van der Waals surface area contributed by atoms with Gasteiger partial charge in [0.15, 0.2) is 12.2 Å². The highest BCUT2D eigenvalue weighted by Gasteiger charge is 2.15. The molecule has 0 saturated carbocycles. The first-order chi connectivity index (χ1) is 7.80. The summed E-state index contributed by atoms with van der Waals surface area (Å²) in [5, 5.41) is 4.47. The van der Waals surface area contributed by atoms with Crippen molar-refractivity contribution in [2.75, 3.05) is 0 Å². The van der Waals surface area contributed by atoms with Gasteiger partial charge in [-0.15, -0.1) is 0 Å². The summed E-state index contributed by atoms with van der Waals surface area (Å²) in [4.78, 5) is 4.09. The zero-order valence-corrected chi connectivity index (χ0v) is 9.60. The number of rotatable bonds is 4. The summed E-state index contributed by atoms with van der Waals surface area (Å²) in [5.41, 5.74) is 8.39. The van der Waals surface area contributed by atoms with Crippen molar-refractivity contribution >= 4 is 0 Å². The predicted octanol–water partition coefficient (Wildman–Crippen LogP) is 1.58. The van der Waals surface area contributed by atoms with Crippen molar-refractivity contribution in [3.05, 3.63) is 23.8 Å². The van der Waals surface area contributed by atoms with Gasteiger partial charge in [0.25, 0.3) is 0 Å². The van der Waals surface area contributed by atoms with Gasteiger partial charge in [0, 0.05) is 13.1 Å². The molecule has 0 bridgehead atoms. The van der Waals surface area contributed by atoms with Crippen molar-refractivity contribution in [3.63, 3.8) is 0 Å². The van der Waals surface area contributed by atoms with E-state index >= 15 is 0 Å². The van der Waals surface area contributed by atoms with E-state index in [1.807, 2.05) is 10.7 Å². The lowest BCUT2D eigenvalue weighted by Crippen LogP contribution is -2.03. The molecule has 2 aromatic rings. The predicted molar refractivity (Wildman–Crippen MR) is 60.7 cm³/mol. The third-order valence-electron chi connectivity index (χ3n) is 2.56. The topological polar surface area (TPSA) is 69.9 Å². The highest BCUT2D eigenvalue weighted by Crippen LogP contribution is 2.24. The van der Waals surface area contributed by atoms with Gasteiger partial charge in [-0.2, -0.15) is 5.10 Å². The van der Waals surface area contributed by atoms with Crippen LogP contribution in [0.3, 0.4) is 0 Å². The highest BCUT2D eigenvalue weighted by atomic mass is 16.3. The minimum absolute atomic E-state index is 0.377. The summed E-state index contributed by atoms with van der Waals surface area (Å²) in [7, 11) is 0. The van der Waals surface area contributed by atoms with E-state index < -0.39 is 0 Å². The third kappa shape index (κ3) is 1.74. The normalized spacial score (nSPS) is 10.9. The average Bonchev–Trinajstić information content (AvgIpc) is 2.93. The van der Waals surface area contributed by atoms with Gasteiger partial charge < -0.3 is 10.2 Å². The average molecular weight is 220 g/mol. The summed E-state index contributed by atoms with van der Waals surface area (Å²) in [6.45, 7) is 5.31. The van der Waals surface area contributed by atoms with E-state index in [-0.39, 0.29) is 0 Å². The minimum Gasteiger partial charge on any atom is -0.442 e. The largest absolute Gasteiger partial charge is 0.442 e. The molecule has 86 valence electrons. The zero-order valence-electron chi connectivity index (χ0n) is 9.60. The maximum atomic E-state index is 5.61. The van der Waals surface area contributed by atoms with Crippen molar-refractivity contribution in [2.24, 2.45) is 5.73 Å². The van der Waals surface area contributed by atoms with Crippen LogP contribution in [0.1, 0.15) is 25.2 Å². The smallest absolute Gasteiger partial charge is 0.181 e. The molecule has 2 aromatic heterocycles. The van der Waals surface area contributed by atoms with E-state index in [4.69, 9.17) is 10.2 Å². The Bertz CT molecular complexity index is 472. The Morgan fingerprint density at radius 3 is 2.88 bits per heavy atom. The molecule has 0 aliphatic heterocycles. The van der Waals surface area contributed by atoms with Crippen LogP contribution in [0.25, 0.3) is 11.5 Å². The molecule has 0 atom stereocenters. The first-order valence-corrected chi connectivity index (χ1v) is 5.49. The molecule has 0 aliphatic rings. The van der Waals surface area contributed by atoms with E-state index in [9.17, 15) is 0 Å². The number of oxazole rings is 1. The van der Waals surface area contributed by atoms with Crippen LogP contribution in [0.15, 0.2) is 16.9 Å². The molecular weight excluding hydrogens is 204 g/mol.